The maximum Gasteiger partial charge on any atom is 0.191 e. The van der Waals surface area contributed by atoms with Gasteiger partial charge in [-0.2, -0.15) is 0 Å². The van der Waals surface area contributed by atoms with Gasteiger partial charge in [-0.05, 0) is 32.8 Å². The van der Waals surface area contributed by atoms with Gasteiger partial charge in [0.25, 0.3) is 0 Å². The molecule has 24 heavy (non-hydrogen) atoms. The van der Waals surface area contributed by atoms with E-state index in [1.165, 1.54) is 21.9 Å². The van der Waals surface area contributed by atoms with Crippen LogP contribution in [0.2, 0.25) is 0 Å². The summed E-state index contributed by atoms with van der Waals surface area (Å²) >= 11 is 1.78. The summed E-state index contributed by atoms with van der Waals surface area (Å²) < 4.78 is 0. The minimum atomic E-state index is 0.495. The van der Waals surface area contributed by atoms with Crippen LogP contribution in [0.25, 0.3) is 0 Å². The predicted molar refractivity (Wildman–Crippen MR) is 102 cm³/mol. The fraction of sp³-hybridized carbons (Fsp3) is 0.474. The highest BCUT2D eigenvalue weighted by Gasteiger charge is 2.38. The van der Waals surface area contributed by atoms with Crippen LogP contribution in [0.5, 0.6) is 0 Å². The lowest BCUT2D eigenvalue weighted by atomic mass is 10.1. The Kier molecular flexibility index (Phi) is 5.51. The molecule has 1 aromatic heterocycles. The number of benzene rings is 1. The van der Waals surface area contributed by atoms with Crippen LogP contribution in [0, 0.1) is 13.8 Å². The van der Waals surface area contributed by atoms with Crippen molar-refractivity contribution in [2.45, 2.75) is 45.6 Å². The minimum Gasteiger partial charge on any atom is -0.357 e. The van der Waals surface area contributed by atoms with E-state index in [2.05, 4.69) is 66.7 Å². The van der Waals surface area contributed by atoms with Crippen LogP contribution in [-0.4, -0.2) is 30.1 Å². The largest absolute Gasteiger partial charge is 0.357 e. The van der Waals surface area contributed by atoms with E-state index in [0.717, 1.165) is 31.2 Å². The Morgan fingerprint density at radius 3 is 2.75 bits per heavy atom. The first-order valence-corrected chi connectivity index (χ1v) is 9.51. The van der Waals surface area contributed by atoms with E-state index in [1.54, 1.807) is 11.3 Å². The van der Waals surface area contributed by atoms with Crippen molar-refractivity contribution in [3.8, 4) is 0 Å². The molecule has 128 valence electrons. The van der Waals surface area contributed by atoms with E-state index in [4.69, 9.17) is 4.99 Å². The number of nitrogens with one attached hydrogen (secondary N) is 2. The van der Waals surface area contributed by atoms with Gasteiger partial charge in [-0.1, -0.05) is 30.3 Å². The number of aliphatic imine (C=N–C) groups is 1. The van der Waals surface area contributed by atoms with Crippen molar-refractivity contribution in [1.82, 2.24) is 15.6 Å². The summed E-state index contributed by atoms with van der Waals surface area (Å²) in [5.41, 5.74) is 2.56. The lowest BCUT2D eigenvalue weighted by molar-refractivity contribution is 0.791. The van der Waals surface area contributed by atoms with Crippen molar-refractivity contribution in [2.24, 2.45) is 4.99 Å². The standard InChI is InChI=1S/C19H26N4S/c1-4-20-19(21-11-10-18-22-13(2)14(3)24-18)23-17-12-16(17)15-8-6-5-7-9-15/h5-9,16-17H,4,10-12H2,1-3H3,(H2,20,21,23). The third kappa shape index (κ3) is 4.35. The molecule has 0 radical (unpaired) electrons. The van der Waals surface area contributed by atoms with Gasteiger partial charge in [-0.3, -0.25) is 4.99 Å². The smallest absolute Gasteiger partial charge is 0.191 e. The average Bonchev–Trinajstić information content (AvgIpc) is 3.27. The van der Waals surface area contributed by atoms with E-state index < -0.39 is 0 Å². The molecule has 0 aliphatic heterocycles. The molecule has 4 nitrogen and oxygen atoms in total. The van der Waals surface area contributed by atoms with Crippen LogP contribution in [0.3, 0.4) is 0 Å². The van der Waals surface area contributed by atoms with Crippen molar-refractivity contribution in [3.63, 3.8) is 0 Å². The second-order valence-electron chi connectivity index (χ2n) is 6.26. The molecule has 2 atom stereocenters. The molecule has 1 aliphatic rings. The lowest BCUT2D eigenvalue weighted by Gasteiger charge is -2.11. The third-order valence-corrected chi connectivity index (χ3v) is 5.49. The predicted octanol–water partition coefficient (Wildman–Crippen LogP) is 3.41. The van der Waals surface area contributed by atoms with Gasteiger partial charge >= 0.3 is 0 Å². The van der Waals surface area contributed by atoms with Crippen molar-refractivity contribution < 1.29 is 0 Å². The Labute approximate surface area is 148 Å². The molecule has 0 amide bonds. The highest BCUT2D eigenvalue weighted by molar-refractivity contribution is 7.11. The summed E-state index contributed by atoms with van der Waals surface area (Å²) in [6, 6.07) is 11.2. The Morgan fingerprint density at radius 2 is 2.08 bits per heavy atom. The molecule has 1 fully saturated rings. The number of nitrogens with zero attached hydrogens (tertiary/aromatic N) is 2. The Morgan fingerprint density at radius 1 is 1.29 bits per heavy atom. The molecule has 2 N–H and O–H groups in total. The fourth-order valence-electron chi connectivity index (χ4n) is 2.83. The fourth-order valence-corrected chi connectivity index (χ4v) is 3.75. The van der Waals surface area contributed by atoms with E-state index in [-0.39, 0.29) is 0 Å². The number of rotatable bonds is 6. The molecule has 0 saturated heterocycles. The first-order chi connectivity index (χ1) is 11.7. The molecular formula is C19H26N4S. The average molecular weight is 343 g/mol. The van der Waals surface area contributed by atoms with Crippen LogP contribution < -0.4 is 10.6 Å². The van der Waals surface area contributed by atoms with Gasteiger partial charge in [0.05, 0.1) is 10.7 Å². The summed E-state index contributed by atoms with van der Waals surface area (Å²) in [6.07, 6.45) is 2.09. The number of aromatic nitrogens is 1. The monoisotopic (exact) mass is 342 g/mol. The van der Waals surface area contributed by atoms with Crippen LogP contribution in [0.15, 0.2) is 35.3 Å². The maximum absolute atomic E-state index is 4.72. The van der Waals surface area contributed by atoms with Crippen LogP contribution in [0.1, 0.15) is 40.4 Å². The second kappa shape index (κ2) is 7.79. The molecule has 5 heteroatoms. The maximum atomic E-state index is 4.72. The van der Waals surface area contributed by atoms with Gasteiger partial charge in [0.2, 0.25) is 0 Å². The van der Waals surface area contributed by atoms with Gasteiger partial charge in [0, 0.05) is 36.3 Å². The third-order valence-electron chi connectivity index (χ3n) is 4.35. The first kappa shape index (κ1) is 17.0. The molecule has 3 rings (SSSR count). The van der Waals surface area contributed by atoms with E-state index in [9.17, 15) is 0 Å². The van der Waals surface area contributed by atoms with Gasteiger partial charge in [0.15, 0.2) is 5.96 Å². The number of hydrogen-bond donors (Lipinski definition) is 2. The summed E-state index contributed by atoms with van der Waals surface area (Å²) in [6.45, 7) is 7.95. The van der Waals surface area contributed by atoms with E-state index >= 15 is 0 Å². The summed E-state index contributed by atoms with van der Waals surface area (Å²) in [4.78, 5) is 10.6. The van der Waals surface area contributed by atoms with Crippen molar-refractivity contribution in [3.05, 3.63) is 51.5 Å². The molecule has 1 heterocycles. The lowest BCUT2D eigenvalue weighted by Crippen LogP contribution is -2.39. The van der Waals surface area contributed by atoms with Gasteiger partial charge < -0.3 is 10.6 Å². The van der Waals surface area contributed by atoms with E-state index in [0.29, 0.717) is 12.0 Å². The molecule has 1 saturated carbocycles. The number of thiazole rings is 1. The summed E-state index contributed by atoms with van der Waals surface area (Å²) in [5, 5.41) is 8.09. The molecule has 1 aliphatic carbocycles. The van der Waals surface area contributed by atoms with E-state index in [1.807, 2.05) is 0 Å². The molecule has 0 spiro atoms. The van der Waals surface area contributed by atoms with Gasteiger partial charge in [-0.25, -0.2) is 4.98 Å². The topological polar surface area (TPSA) is 49.3 Å². The highest BCUT2D eigenvalue weighted by Crippen LogP contribution is 2.40. The minimum absolute atomic E-state index is 0.495. The number of aryl methyl sites for hydroxylation is 2. The summed E-state index contributed by atoms with van der Waals surface area (Å²) in [7, 11) is 0. The zero-order chi connectivity index (χ0) is 16.9. The highest BCUT2D eigenvalue weighted by atomic mass is 32.1. The zero-order valence-electron chi connectivity index (χ0n) is 14.7. The van der Waals surface area contributed by atoms with Gasteiger partial charge in [0.1, 0.15) is 0 Å². The van der Waals surface area contributed by atoms with Crippen LogP contribution >= 0.6 is 11.3 Å². The van der Waals surface area contributed by atoms with Crippen molar-refractivity contribution in [2.75, 3.05) is 13.1 Å². The quantitative estimate of drug-likeness (QED) is 0.625. The Hall–Kier alpha value is -1.88. The normalized spacial score (nSPS) is 20.0. The first-order valence-electron chi connectivity index (χ1n) is 8.70. The van der Waals surface area contributed by atoms with Gasteiger partial charge in [-0.15, -0.1) is 11.3 Å². The van der Waals surface area contributed by atoms with Crippen molar-refractivity contribution in [1.29, 1.82) is 0 Å². The number of hydrogen-bond acceptors (Lipinski definition) is 3. The SMILES string of the molecule is CCNC(=NCCc1nc(C)c(C)s1)NC1CC1c1ccccc1. The molecule has 2 unspecified atom stereocenters. The Bertz CT molecular complexity index is 673. The molecule has 1 aromatic carbocycles. The second-order valence-corrected chi connectivity index (χ2v) is 7.55. The number of guanidine groups is 1. The summed E-state index contributed by atoms with van der Waals surface area (Å²) in [5.74, 6) is 1.53. The molecule has 2 aromatic rings. The molecular weight excluding hydrogens is 316 g/mol. The zero-order valence-corrected chi connectivity index (χ0v) is 15.5. The van der Waals surface area contributed by atoms with Crippen molar-refractivity contribution >= 4 is 17.3 Å². The van der Waals surface area contributed by atoms with Crippen LogP contribution in [0.4, 0.5) is 0 Å². The molecule has 0 bridgehead atoms. The Balaban J connectivity index is 1.53. The van der Waals surface area contributed by atoms with Crippen LogP contribution in [-0.2, 0) is 6.42 Å².